The average Bonchev–Trinajstić information content (AvgIpc) is 2.46. The quantitative estimate of drug-likeness (QED) is 0.384. The summed E-state index contributed by atoms with van der Waals surface area (Å²) in [6, 6.07) is 5.11. The minimum atomic E-state index is -0.383. The fraction of sp³-hybridized carbons (Fsp3) is 0.267. The summed E-state index contributed by atoms with van der Waals surface area (Å²) in [6.07, 6.45) is 6.75. The number of nitro benzene ring substituents is 1. The molecular weight excluding hydrogens is 286 g/mol. The maximum Gasteiger partial charge on any atom is 0.278 e. The maximum atomic E-state index is 11.1. The lowest BCUT2D eigenvalue weighted by Gasteiger charge is -2.10. The Balaban J connectivity index is 2.28. The Kier molecular flexibility index (Phi) is 5.01. The minimum Gasteiger partial charge on any atom is -0.384 e. The third-order valence-electron chi connectivity index (χ3n) is 2.96. The largest absolute Gasteiger partial charge is 0.384 e. The molecule has 0 unspecified atom stereocenters. The molecule has 21 heavy (non-hydrogen) atoms. The predicted octanol–water partition coefficient (Wildman–Crippen LogP) is 3.23. The highest BCUT2D eigenvalue weighted by molar-refractivity contribution is 7.99. The van der Waals surface area contributed by atoms with Crippen molar-refractivity contribution < 1.29 is 4.92 Å². The van der Waals surface area contributed by atoms with Gasteiger partial charge in [0.2, 0.25) is 0 Å². The molecule has 1 heterocycles. The van der Waals surface area contributed by atoms with E-state index in [0.717, 1.165) is 29.1 Å². The zero-order chi connectivity index (χ0) is 15.2. The van der Waals surface area contributed by atoms with Crippen LogP contribution < -0.4 is 5.32 Å². The van der Waals surface area contributed by atoms with Crippen molar-refractivity contribution >= 4 is 33.9 Å². The first-order valence-electron chi connectivity index (χ1n) is 6.42. The predicted molar refractivity (Wildman–Crippen MR) is 87.8 cm³/mol. The van der Waals surface area contributed by atoms with Crippen molar-refractivity contribution in [2.45, 2.75) is 6.92 Å². The Hall–Kier alpha value is -2.26. The highest BCUT2D eigenvalue weighted by atomic mass is 32.2. The molecule has 0 spiro atoms. The number of nitro groups is 1. The van der Waals surface area contributed by atoms with Crippen LogP contribution in [0, 0.1) is 29.4 Å². The van der Waals surface area contributed by atoms with Gasteiger partial charge in [-0.15, -0.1) is 18.2 Å². The molecule has 0 saturated carbocycles. The molecule has 0 saturated heterocycles. The number of fused-ring (bicyclic) bond motifs is 1. The highest BCUT2D eigenvalue weighted by Gasteiger charge is 2.14. The number of terminal acetylenes is 1. The van der Waals surface area contributed by atoms with E-state index in [-0.39, 0.29) is 10.6 Å². The van der Waals surface area contributed by atoms with Gasteiger partial charge in [-0.2, -0.15) is 0 Å². The van der Waals surface area contributed by atoms with Crippen LogP contribution in [0.4, 0.5) is 11.4 Å². The highest BCUT2D eigenvalue weighted by Crippen LogP contribution is 2.31. The summed E-state index contributed by atoms with van der Waals surface area (Å²) in [7, 11) is 0. The number of rotatable bonds is 6. The van der Waals surface area contributed by atoms with Gasteiger partial charge in [0.25, 0.3) is 5.69 Å². The SMILES string of the molecule is C#CCSCCNc1ccc([N+](=O)[O-])c2cnc(C)cc12. The van der Waals surface area contributed by atoms with Gasteiger partial charge in [-0.05, 0) is 19.1 Å². The lowest BCUT2D eigenvalue weighted by atomic mass is 10.1. The van der Waals surface area contributed by atoms with E-state index in [1.54, 1.807) is 24.0 Å². The monoisotopic (exact) mass is 301 g/mol. The lowest BCUT2D eigenvalue weighted by molar-refractivity contribution is -0.383. The van der Waals surface area contributed by atoms with Gasteiger partial charge in [0.15, 0.2) is 0 Å². The topological polar surface area (TPSA) is 68.1 Å². The average molecular weight is 301 g/mol. The van der Waals surface area contributed by atoms with Crippen molar-refractivity contribution in [3.8, 4) is 12.3 Å². The second-order valence-corrected chi connectivity index (χ2v) is 5.55. The zero-order valence-corrected chi connectivity index (χ0v) is 12.4. The summed E-state index contributed by atoms with van der Waals surface area (Å²) in [5.74, 6) is 4.14. The smallest absolute Gasteiger partial charge is 0.278 e. The van der Waals surface area contributed by atoms with Crippen LogP contribution in [0.15, 0.2) is 24.4 Å². The maximum absolute atomic E-state index is 11.1. The van der Waals surface area contributed by atoms with Gasteiger partial charge >= 0.3 is 0 Å². The molecular formula is C15H15N3O2S. The van der Waals surface area contributed by atoms with Crippen LogP contribution in [0.3, 0.4) is 0 Å². The summed E-state index contributed by atoms with van der Waals surface area (Å²) in [5.41, 5.74) is 1.78. The number of nitrogens with zero attached hydrogens (tertiary/aromatic N) is 2. The Bertz CT molecular complexity index is 710. The van der Waals surface area contributed by atoms with Crippen LogP contribution in [0.2, 0.25) is 0 Å². The molecule has 1 aromatic carbocycles. The Labute approximate surface area is 127 Å². The first-order valence-corrected chi connectivity index (χ1v) is 7.58. The Morgan fingerprint density at radius 3 is 3.00 bits per heavy atom. The standard InChI is InChI=1S/C15H15N3O2S/c1-3-7-21-8-6-16-14-4-5-15(18(19)20)13-10-17-11(2)9-12(13)14/h1,4-5,9-10,16H,6-8H2,2H3. The van der Waals surface area contributed by atoms with Crippen LogP contribution in [0.5, 0.6) is 0 Å². The van der Waals surface area contributed by atoms with Gasteiger partial charge in [-0.25, -0.2) is 0 Å². The number of nitrogens with one attached hydrogen (secondary N) is 1. The van der Waals surface area contributed by atoms with Crippen molar-refractivity contribution in [3.63, 3.8) is 0 Å². The number of aryl methyl sites for hydroxylation is 1. The van der Waals surface area contributed by atoms with E-state index >= 15 is 0 Å². The summed E-state index contributed by atoms with van der Waals surface area (Å²) in [6.45, 7) is 2.62. The van der Waals surface area contributed by atoms with E-state index < -0.39 is 0 Å². The van der Waals surface area contributed by atoms with Crippen LogP contribution >= 0.6 is 11.8 Å². The van der Waals surface area contributed by atoms with E-state index in [1.165, 1.54) is 6.07 Å². The van der Waals surface area contributed by atoms with Crippen LogP contribution in [0.25, 0.3) is 10.8 Å². The van der Waals surface area contributed by atoms with Gasteiger partial charge in [0.1, 0.15) is 0 Å². The van der Waals surface area contributed by atoms with Crippen LogP contribution in [-0.2, 0) is 0 Å². The molecule has 0 radical (unpaired) electrons. The molecule has 0 aliphatic heterocycles. The Morgan fingerprint density at radius 1 is 1.48 bits per heavy atom. The van der Waals surface area contributed by atoms with Crippen LogP contribution in [-0.4, -0.2) is 28.0 Å². The third-order valence-corrected chi connectivity index (χ3v) is 3.82. The van der Waals surface area contributed by atoms with E-state index in [1.807, 2.05) is 13.0 Å². The van der Waals surface area contributed by atoms with Gasteiger partial charge < -0.3 is 5.32 Å². The molecule has 0 atom stereocenters. The van der Waals surface area contributed by atoms with Gasteiger partial charge in [0.05, 0.1) is 16.1 Å². The van der Waals surface area contributed by atoms with E-state index in [2.05, 4.69) is 16.2 Å². The van der Waals surface area contributed by atoms with Crippen molar-refractivity contribution in [1.29, 1.82) is 0 Å². The number of aromatic nitrogens is 1. The summed E-state index contributed by atoms with van der Waals surface area (Å²) >= 11 is 1.67. The minimum absolute atomic E-state index is 0.0738. The Morgan fingerprint density at radius 2 is 2.29 bits per heavy atom. The molecule has 6 heteroatoms. The molecule has 2 aromatic rings. The summed E-state index contributed by atoms with van der Waals surface area (Å²) < 4.78 is 0. The lowest BCUT2D eigenvalue weighted by Crippen LogP contribution is -2.05. The number of pyridine rings is 1. The molecule has 0 bridgehead atoms. The van der Waals surface area contributed by atoms with E-state index in [9.17, 15) is 10.1 Å². The van der Waals surface area contributed by atoms with Crippen molar-refractivity contribution in [2.24, 2.45) is 0 Å². The fourth-order valence-electron chi connectivity index (χ4n) is 2.03. The van der Waals surface area contributed by atoms with Crippen LogP contribution in [0.1, 0.15) is 5.69 Å². The second kappa shape index (κ2) is 6.95. The first kappa shape index (κ1) is 15.1. The zero-order valence-electron chi connectivity index (χ0n) is 11.6. The second-order valence-electron chi connectivity index (χ2n) is 4.44. The summed E-state index contributed by atoms with van der Waals surface area (Å²) in [5, 5.41) is 15.7. The fourth-order valence-corrected chi connectivity index (χ4v) is 2.54. The van der Waals surface area contributed by atoms with E-state index in [4.69, 9.17) is 6.42 Å². The molecule has 1 N–H and O–H groups in total. The molecule has 1 aromatic heterocycles. The van der Waals surface area contributed by atoms with Gasteiger partial charge in [0, 0.05) is 41.3 Å². The molecule has 2 rings (SSSR count). The third kappa shape index (κ3) is 3.64. The van der Waals surface area contributed by atoms with Crippen molar-refractivity contribution in [1.82, 2.24) is 4.98 Å². The molecule has 0 aliphatic rings. The number of thioether (sulfide) groups is 1. The molecule has 108 valence electrons. The number of hydrogen-bond acceptors (Lipinski definition) is 5. The van der Waals surface area contributed by atoms with Gasteiger partial charge in [-0.1, -0.05) is 5.92 Å². The number of non-ortho nitro benzene ring substituents is 1. The van der Waals surface area contributed by atoms with Crippen molar-refractivity contribution in [3.05, 3.63) is 40.2 Å². The first-order chi connectivity index (χ1) is 10.1. The molecule has 0 fully saturated rings. The normalized spacial score (nSPS) is 10.3. The molecule has 0 amide bonds. The molecule has 5 nitrogen and oxygen atoms in total. The van der Waals surface area contributed by atoms with Gasteiger partial charge in [-0.3, -0.25) is 15.1 Å². The van der Waals surface area contributed by atoms with Crippen molar-refractivity contribution in [2.75, 3.05) is 23.4 Å². The summed E-state index contributed by atoms with van der Waals surface area (Å²) in [4.78, 5) is 14.8. The number of hydrogen-bond donors (Lipinski definition) is 1. The molecule has 0 aliphatic carbocycles. The number of anilines is 1. The van der Waals surface area contributed by atoms with E-state index in [0.29, 0.717) is 11.1 Å². The number of benzene rings is 1.